The summed E-state index contributed by atoms with van der Waals surface area (Å²) in [6, 6.07) is 17.0. The van der Waals surface area contributed by atoms with E-state index in [9.17, 15) is 36.7 Å². The van der Waals surface area contributed by atoms with Crippen molar-refractivity contribution in [2.24, 2.45) is 22.9 Å². The van der Waals surface area contributed by atoms with Crippen molar-refractivity contribution in [3.05, 3.63) is 149 Å². The van der Waals surface area contributed by atoms with E-state index in [2.05, 4.69) is 73.9 Å². The number of unbranched alkanes of at least 4 members (excludes halogenated alkanes) is 2. The van der Waals surface area contributed by atoms with Gasteiger partial charge in [-0.05, 0) is 98.1 Å². The van der Waals surface area contributed by atoms with Crippen LogP contribution >= 0.6 is 0 Å². The minimum atomic E-state index is -1.90. The Balaban J connectivity index is 1.43. The van der Waals surface area contributed by atoms with E-state index >= 15 is 28.8 Å². The van der Waals surface area contributed by atoms with Gasteiger partial charge in [0.25, 0.3) is 0 Å². The van der Waals surface area contributed by atoms with Crippen LogP contribution in [0.4, 0.5) is 17.6 Å². The Bertz CT molecular complexity index is 3950. The standard InChI is InChI=1S/C72H95F4N21O11/c73-46-40-47(74)59(76)60(58(46)75)108-57(99)26-8-3-11-31-85-56(98)30-29-52-65(104)95-53(37-41-16-4-1-5-17-41)67(106)96-54(38-42-18-6-2-7-19-42)68(107)97-55(39-43-27-28-44-20-9-10-21-45(44)36-43)66(105)93-51(25-15-35-89-72(83)84)63(102)91-49(23-13-33-87-70(79)80)61(100)90-48(22-12-32-86-69(77)78)62(101)92-50(64(103)94-52)24-14-34-88-71(81)82/h1-2,4-7,9-10,16-21,27-28,36,40,48-55H,3,8,11-15,22-26,29-35,37-39H2,(H,85,98)(H,90,100)(H,91,102)(H,92,101)(H,93,105)(H,94,103)(H,95,104)(H,96,106)(H,97,107)(H4,77,78,86)(H4,79,80,87)(H4,81,82,88)(H4,83,84,89)/t48-,49+,50+,51-,52-,53-,54+,55-/m0/s1. The molecular weight excluding hydrogens is 1410 g/mol. The van der Waals surface area contributed by atoms with Crippen LogP contribution in [-0.4, -0.2) is 164 Å². The molecule has 5 aromatic rings. The maximum Gasteiger partial charge on any atom is 0.311 e. The van der Waals surface area contributed by atoms with E-state index in [0.717, 1.165) is 10.8 Å². The lowest BCUT2D eigenvalue weighted by molar-refractivity contribution is -0.137. The van der Waals surface area contributed by atoms with Gasteiger partial charge in [0.15, 0.2) is 35.5 Å². The number of fused-ring (bicyclic) bond motifs is 1. The van der Waals surface area contributed by atoms with Crippen LogP contribution in [0.2, 0.25) is 0 Å². The minimum Gasteiger partial charge on any atom is -0.420 e. The molecule has 1 aliphatic rings. The lowest BCUT2D eigenvalue weighted by atomic mass is 9.99. The molecule has 0 spiro atoms. The number of hydrogen-bond acceptors (Lipinski definition) is 15. The third-order valence-electron chi connectivity index (χ3n) is 17.2. The second-order valence-electron chi connectivity index (χ2n) is 25.7. The fourth-order valence-electron chi connectivity index (χ4n) is 11.5. The molecule has 9 amide bonds. The van der Waals surface area contributed by atoms with Crippen molar-refractivity contribution in [2.75, 3.05) is 32.7 Å². The van der Waals surface area contributed by atoms with Crippen molar-refractivity contribution in [1.29, 1.82) is 21.6 Å². The van der Waals surface area contributed by atoms with Crippen molar-refractivity contribution < 1.29 is 70.2 Å². The smallest absolute Gasteiger partial charge is 0.311 e. The number of halogens is 4. The lowest BCUT2D eigenvalue weighted by Crippen LogP contribution is -2.62. The molecule has 32 nitrogen and oxygen atoms in total. The van der Waals surface area contributed by atoms with Gasteiger partial charge in [-0.15, -0.1) is 0 Å². The van der Waals surface area contributed by atoms with Gasteiger partial charge >= 0.3 is 5.97 Å². The summed E-state index contributed by atoms with van der Waals surface area (Å²) in [5, 5.41) is 67.6. The molecular formula is C72H95F4N21O11. The van der Waals surface area contributed by atoms with Crippen LogP contribution in [0.5, 0.6) is 5.75 Å². The van der Waals surface area contributed by atoms with Crippen LogP contribution in [-0.2, 0) is 67.2 Å². The molecule has 0 aliphatic carbocycles. The first kappa shape index (κ1) is 84.8. The molecule has 1 fully saturated rings. The normalized spacial score (nSPS) is 19.2. The number of hydrogen-bond donors (Lipinski definition) is 21. The molecule has 8 atom stereocenters. The summed E-state index contributed by atoms with van der Waals surface area (Å²) in [4.78, 5) is 147. The zero-order valence-corrected chi connectivity index (χ0v) is 59.4. The summed E-state index contributed by atoms with van der Waals surface area (Å²) in [7, 11) is 0. The van der Waals surface area contributed by atoms with Gasteiger partial charge in [-0.1, -0.05) is 110 Å². The molecule has 36 heteroatoms. The summed E-state index contributed by atoms with van der Waals surface area (Å²) < 4.78 is 60.5. The van der Waals surface area contributed by atoms with Crippen LogP contribution in [0.15, 0.2) is 109 Å². The average Bonchev–Trinajstić information content (AvgIpc) is 0.509. The molecule has 1 heterocycles. The van der Waals surface area contributed by atoms with Gasteiger partial charge in [0.1, 0.15) is 48.3 Å². The van der Waals surface area contributed by atoms with Gasteiger partial charge in [0, 0.05) is 70.9 Å². The molecule has 0 bridgehead atoms. The summed E-state index contributed by atoms with van der Waals surface area (Å²) in [6.07, 6.45) is -2.35. The highest BCUT2D eigenvalue weighted by atomic mass is 19.2. The average molecular weight is 1510 g/mol. The van der Waals surface area contributed by atoms with Gasteiger partial charge in [0.05, 0.1) is 0 Å². The van der Waals surface area contributed by atoms with E-state index in [1.165, 1.54) is 0 Å². The van der Waals surface area contributed by atoms with Crippen molar-refractivity contribution in [2.45, 2.75) is 157 Å². The number of benzene rings is 5. The fraction of sp³-hybridized carbons (Fsp3) is 0.417. The number of nitrogens with one attached hydrogen (secondary N) is 17. The molecule has 1 aliphatic heterocycles. The number of esters is 1. The number of rotatable bonds is 32. The fourth-order valence-corrected chi connectivity index (χ4v) is 11.5. The van der Waals surface area contributed by atoms with Crippen molar-refractivity contribution in [1.82, 2.24) is 69.1 Å². The maximum absolute atomic E-state index is 15.3. The Hall–Kier alpha value is -12.1. The molecule has 0 radical (unpaired) electrons. The summed E-state index contributed by atoms with van der Waals surface area (Å²) >= 11 is 0. The number of guanidine groups is 4. The summed E-state index contributed by atoms with van der Waals surface area (Å²) in [5.41, 5.74) is 23.9. The quantitative estimate of drug-likeness (QED) is 0.00528. The van der Waals surface area contributed by atoms with Crippen LogP contribution < -0.4 is 96.8 Å². The second-order valence-corrected chi connectivity index (χ2v) is 25.7. The Morgan fingerprint density at radius 1 is 0.352 bits per heavy atom. The zero-order chi connectivity index (χ0) is 78.7. The van der Waals surface area contributed by atoms with Crippen LogP contribution in [0, 0.1) is 44.9 Å². The van der Waals surface area contributed by atoms with Crippen molar-refractivity contribution in [3.63, 3.8) is 0 Å². The second kappa shape index (κ2) is 44.0. The van der Waals surface area contributed by atoms with E-state index < -0.39 is 180 Å². The molecule has 108 heavy (non-hydrogen) atoms. The Kier molecular flexibility index (Phi) is 34.5. The summed E-state index contributed by atoms with van der Waals surface area (Å²) in [6.45, 7) is -0.0523. The Labute approximate surface area is 620 Å². The van der Waals surface area contributed by atoms with E-state index in [4.69, 9.17) is 44.6 Å². The van der Waals surface area contributed by atoms with Crippen LogP contribution in [0.25, 0.3) is 10.8 Å². The molecule has 6 rings (SSSR count). The largest absolute Gasteiger partial charge is 0.420 e. The van der Waals surface area contributed by atoms with Gasteiger partial charge in [-0.25, -0.2) is 8.78 Å². The third kappa shape index (κ3) is 29.4. The predicted octanol–water partition coefficient (Wildman–Crippen LogP) is 0.432. The van der Waals surface area contributed by atoms with Gasteiger partial charge in [-0.2, -0.15) is 8.78 Å². The Morgan fingerprint density at radius 3 is 1.06 bits per heavy atom. The Morgan fingerprint density at radius 2 is 0.676 bits per heavy atom. The van der Waals surface area contributed by atoms with Gasteiger partial charge in [0.2, 0.25) is 70.5 Å². The zero-order valence-electron chi connectivity index (χ0n) is 59.4. The first-order valence-corrected chi connectivity index (χ1v) is 35.2. The van der Waals surface area contributed by atoms with Crippen LogP contribution in [0.1, 0.15) is 107 Å². The highest BCUT2D eigenvalue weighted by Crippen LogP contribution is 2.27. The number of nitrogens with two attached hydrogens (primary N) is 4. The number of carbonyl (C=O) groups excluding carboxylic acids is 10. The number of ether oxygens (including phenoxy) is 1. The van der Waals surface area contributed by atoms with E-state index in [0.29, 0.717) is 16.7 Å². The highest BCUT2D eigenvalue weighted by Gasteiger charge is 2.37. The van der Waals surface area contributed by atoms with E-state index in [1.807, 2.05) is 36.4 Å². The highest BCUT2D eigenvalue weighted by molar-refractivity contribution is 5.99. The van der Waals surface area contributed by atoms with Gasteiger partial charge in [-0.3, -0.25) is 69.6 Å². The van der Waals surface area contributed by atoms with Crippen molar-refractivity contribution >= 4 is 93.7 Å². The third-order valence-corrected chi connectivity index (χ3v) is 17.2. The first-order valence-electron chi connectivity index (χ1n) is 35.2. The van der Waals surface area contributed by atoms with E-state index in [1.54, 1.807) is 66.7 Å². The molecule has 1 saturated heterocycles. The molecule has 0 unspecified atom stereocenters. The topological polar surface area (TPSA) is 536 Å². The number of amides is 9. The summed E-state index contributed by atoms with van der Waals surface area (Å²) in [5.74, 6) is -20.2. The molecule has 25 N–H and O–H groups in total. The van der Waals surface area contributed by atoms with Crippen LogP contribution in [0.3, 0.4) is 0 Å². The van der Waals surface area contributed by atoms with E-state index in [-0.39, 0.29) is 129 Å². The van der Waals surface area contributed by atoms with Gasteiger partial charge < -0.3 is 96.8 Å². The molecule has 582 valence electrons. The first-order chi connectivity index (χ1) is 51.6. The predicted molar refractivity (Wildman–Crippen MR) is 393 cm³/mol. The molecule has 0 saturated carbocycles. The molecule has 5 aromatic carbocycles. The monoisotopic (exact) mass is 1510 g/mol. The SMILES string of the molecule is N=C(N)NCCC[C@@H]1NC(=O)[C@H](Cc2ccc3ccccc3c2)NC(=O)[C@@H](Cc2ccccc2)NC(=O)[C@H](Cc2ccccc2)NC(=O)[C@H](CCC(=O)NCCCCCC(=O)Oc2c(F)c(F)cc(F)c2F)NC(=O)[C@@H](CCCNC(=N)N)NC(=O)[C@H](CCCNC(=N)N)NC(=O)[C@@H](CCCNC(=N)N)NC1=O. The van der Waals surface area contributed by atoms with Crippen molar-refractivity contribution in [3.8, 4) is 5.75 Å². The molecule has 0 aromatic heterocycles. The minimum absolute atomic E-state index is 0.00696. The number of carbonyl (C=O) groups is 10. The maximum atomic E-state index is 15.3. The lowest BCUT2D eigenvalue weighted by Gasteiger charge is -2.29.